The highest BCUT2D eigenvalue weighted by molar-refractivity contribution is 5.63. The second-order valence-electron chi connectivity index (χ2n) is 3.86. The van der Waals surface area contributed by atoms with Crippen LogP contribution in [0.1, 0.15) is 26.7 Å². The maximum absolute atomic E-state index is 8.42. The van der Waals surface area contributed by atoms with Crippen molar-refractivity contribution >= 4 is 6.21 Å². The molecule has 3 heteroatoms. The van der Waals surface area contributed by atoms with Gasteiger partial charge < -0.3 is 5.21 Å². The van der Waals surface area contributed by atoms with Gasteiger partial charge in [-0.05, 0) is 25.3 Å². The van der Waals surface area contributed by atoms with Crippen LogP contribution in [0, 0.1) is 5.92 Å². The number of nitrogens with zero attached hydrogens (tertiary/aromatic N) is 2. The Kier molecular flexibility index (Phi) is 3.53. The summed E-state index contributed by atoms with van der Waals surface area (Å²) in [7, 11) is 0. The van der Waals surface area contributed by atoms with Crippen molar-refractivity contribution in [1.29, 1.82) is 0 Å². The van der Waals surface area contributed by atoms with Crippen LogP contribution in [-0.4, -0.2) is 35.5 Å². The third kappa shape index (κ3) is 2.48. The van der Waals surface area contributed by atoms with E-state index < -0.39 is 0 Å². The lowest BCUT2D eigenvalue weighted by atomic mass is 10.2. The molecule has 0 aliphatic carbocycles. The summed E-state index contributed by atoms with van der Waals surface area (Å²) in [5.41, 5.74) is 0. The minimum atomic E-state index is 0.373. The third-order valence-corrected chi connectivity index (χ3v) is 2.25. The molecule has 1 atom stereocenters. The first-order valence-corrected chi connectivity index (χ1v) is 4.65. The van der Waals surface area contributed by atoms with Gasteiger partial charge in [-0.1, -0.05) is 13.8 Å². The molecule has 0 aromatic heterocycles. The van der Waals surface area contributed by atoms with E-state index in [-0.39, 0.29) is 0 Å². The summed E-state index contributed by atoms with van der Waals surface area (Å²) in [5.74, 6) is 0.692. The fourth-order valence-corrected chi connectivity index (χ4v) is 1.79. The Labute approximate surface area is 74.1 Å². The summed E-state index contributed by atoms with van der Waals surface area (Å²) in [6.45, 7) is 6.68. The number of likely N-dealkylation sites (tertiary alicyclic amines) is 1. The zero-order valence-corrected chi connectivity index (χ0v) is 7.90. The largest absolute Gasteiger partial charge is 0.411 e. The first kappa shape index (κ1) is 9.52. The predicted molar refractivity (Wildman–Crippen MR) is 49.7 cm³/mol. The molecule has 1 aliphatic heterocycles. The molecule has 1 N–H and O–H groups in total. The van der Waals surface area contributed by atoms with Crippen LogP contribution in [0.5, 0.6) is 0 Å². The van der Waals surface area contributed by atoms with E-state index in [9.17, 15) is 0 Å². The Morgan fingerprint density at radius 3 is 3.00 bits per heavy atom. The topological polar surface area (TPSA) is 35.8 Å². The summed E-state index contributed by atoms with van der Waals surface area (Å²) >= 11 is 0. The first-order valence-electron chi connectivity index (χ1n) is 4.65. The van der Waals surface area contributed by atoms with E-state index in [2.05, 4.69) is 23.9 Å². The van der Waals surface area contributed by atoms with Crippen LogP contribution in [0.3, 0.4) is 0 Å². The van der Waals surface area contributed by atoms with Crippen molar-refractivity contribution in [3.63, 3.8) is 0 Å². The SMILES string of the molecule is CC(C)CN1CCC[C@H]1C=NO. The summed E-state index contributed by atoms with van der Waals surface area (Å²) in [5, 5.41) is 11.5. The van der Waals surface area contributed by atoms with E-state index >= 15 is 0 Å². The Bertz CT molecular complexity index is 157. The van der Waals surface area contributed by atoms with Gasteiger partial charge in [-0.3, -0.25) is 4.90 Å². The Morgan fingerprint density at radius 1 is 1.67 bits per heavy atom. The van der Waals surface area contributed by atoms with E-state index in [4.69, 9.17) is 5.21 Å². The molecular weight excluding hydrogens is 152 g/mol. The number of rotatable bonds is 3. The van der Waals surface area contributed by atoms with Crippen LogP contribution in [0.15, 0.2) is 5.16 Å². The van der Waals surface area contributed by atoms with Gasteiger partial charge in [0.15, 0.2) is 0 Å². The zero-order chi connectivity index (χ0) is 8.97. The molecule has 1 saturated heterocycles. The fraction of sp³-hybridized carbons (Fsp3) is 0.889. The van der Waals surface area contributed by atoms with Gasteiger partial charge in [0.2, 0.25) is 0 Å². The van der Waals surface area contributed by atoms with Crippen LogP contribution in [0.25, 0.3) is 0 Å². The molecule has 0 bridgehead atoms. The van der Waals surface area contributed by atoms with Crippen LogP contribution in [-0.2, 0) is 0 Å². The number of oxime groups is 1. The molecule has 0 aromatic carbocycles. The molecule has 0 aromatic rings. The normalized spacial score (nSPS) is 26.1. The average molecular weight is 170 g/mol. The van der Waals surface area contributed by atoms with Gasteiger partial charge in [-0.15, -0.1) is 5.16 Å². The van der Waals surface area contributed by atoms with E-state index in [1.165, 1.54) is 6.42 Å². The molecule has 0 spiro atoms. The van der Waals surface area contributed by atoms with Gasteiger partial charge in [0.25, 0.3) is 0 Å². The molecule has 1 fully saturated rings. The number of hydrogen-bond donors (Lipinski definition) is 1. The van der Waals surface area contributed by atoms with E-state index in [1.54, 1.807) is 6.21 Å². The van der Waals surface area contributed by atoms with Gasteiger partial charge in [0.1, 0.15) is 0 Å². The molecule has 1 heterocycles. The van der Waals surface area contributed by atoms with Crippen molar-refractivity contribution in [2.75, 3.05) is 13.1 Å². The van der Waals surface area contributed by atoms with Gasteiger partial charge in [-0.2, -0.15) is 0 Å². The smallest absolute Gasteiger partial charge is 0.0607 e. The van der Waals surface area contributed by atoms with Crippen molar-refractivity contribution in [3.05, 3.63) is 0 Å². The number of hydrogen-bond acceptors (Lipinski definition) is 3. The van der Waals surface area contributed by atoms with E-state index in [0.29, 0.717) is 12.0 Å². The van der Waals surface area contributed by atoms with Crippen LogP contribution in [0.4, 0.5) is 0 Å². The van der Waals surface area contributed by atoms with Gasteiger partial charge in [0.05, 0.1) is 6.21 Å². The van der Waals surface area contributed by atoms with Crippen molar-refractivity contribution in [1.82, 2.24) is 4.90 Å². The van der Waals surface area contributed by atoms with Crippen molar-refractivity contribution in [2.24, 2.45) is 11.1 Å². The van der Waals surface area contributed by atoms with Crippen LogP contribution in [0.2, 0.25) is 0 Å². The van der Waals surface area contributed by atoms with Crippen LogP contribution >= 0.6 is 0 Å². The molecular formula is C9H18N2O. The maximum atomic E-state index is 8.42. The molecule has 0 radical (unpaired) electrons. The highest BCUT2D eigenvalue weighted by Gasteiger charge is 2.23. The second-order valence-corrected chi connectivity index (χ2v) is 3.86. The van der Waals surface area contributed by atoms with Crippen molar-refractivity contribution in [2.45, 2.75) is 32.7 Å². The van der Waals surface area contributed by atoms with Gasteiger partial charge >= 0.3 is 0 Å². The summed E-state index contributed by atoms with van der Waals surface area (Å²) in [6.07, 6.45) is 4.01. The Hall–Kier alpha value is -0.570. The Balaban J connectivity index is 2.40. The third-order valence-electron chi connectivity index (χ3n) is 2.25. The lowest BCUT2D eigenvalue weighted by Crippen LogP contribution is -2.33. The van der Waals surface area contributed by atoms with E-state index in [0.717, 1.165) is 19.5 Å². The first-order chi connectivity index (χ1) is 5.74. The van der Waals surface area contributed by atoms with Gasteiger partial charge in [0, 0.05) is 12.6 Å². The zero-order valence-electron chi connectivity index (χ0n) is 7.90. The lowest BCUT2D eigenvalue weighted by molar-refractivity contribution is 0.262. The second kappa shape index (κ2) is 4.45. The lowest BCUT2D eigenvalue weighted by Gasteiger charge is -2.22. The summed E-state index contributed by atoms with van der Waals surface area (Å²) in [4.78, 5) is 2.38. The molecule has 1 rings (SSSR count). The standard InChI is InChI=1S/C9H18N2O/c1-8(2)7-11-5-3-4-9(11)6-10-12/h6,8-9,12H,3-5,7H2,1-2H3/t9-/m0/s1. The molecule has 12 heavy (non-hydrogen) atoms. The molecule has 1 aliphatic rings. The highest BCUT2D eigenvalue weighted by Crippen LogP contribution is 2.16. The molecule has 0 unspecified atom stereocenters. The monoisotopic (exact) mass is 170 g/mol. The minimum absolute atomic E-state index is 0.373. The fourth-order valence-electron chi connectivity index (χ4n) is 1.79. The van der Waals surface area contributed by atoms with Crippen molar-refractivity contribution < 1.29 is 5.21 Å². The summed E-state index contributed by atoms with van der Waals surface area (Å²) in [6, 6.07) is 0.373. The van der Waals surface area contributed by atoms with E-state index in [1.807, 2.05) is 0 Å². The molecule has 0 amide bonds. The van der Waals surface area contributed by atoms with Crippen molar-refractivity contribution in [3.8, 4) is 0 Å². The minimum Gasteiger partial charge on any atom is -0.411 e. The maximum Gasteiger partial charge on any atom is 0.0607 e. The van der Waals surface area contributed by atoms with Crippen LogP contribution < -0.4 is 0 Å². The highest BCUT2D eigenvalue weighted by atomic mass is 16.4. The average Bonchev–Trinajstić information content (AvgIpc) is 2.37. The molecule has 70 valence electrons. The molecule has 3 nitrogen and oxygen atoms in total. The quantitative estimate of drug-likeness (QED) is 0.396. The summed E-state index contributed by atoms with van der Waals surface area (Å²) < 4.78 is 0. The Morgan fingerprint density at radius 2 is 2.42 bits per heavy atom. The predicted octanol–water partition coefficient (Wildman–Crippen LogP) is 1.57. The van der Waals surface area contributed by atoms with Gasteiger partial charge in [-0.25, -0.2) is 0 Å². The molecule has 0 saturated carbocycles.